The lowest BCUT2D eigenvalue weighted by molar-refractivity contribution is 0.221. The van der Waals surface area contributed by atoms with Gasteiger partial charge in [0.1, 0.15) is 0 Å². The third-order valence-corrected chi connectivity index (χ3v) is 3.77. The highest BCUT2D eigenvalue weighted by molar-refractivity contribution is 5.55. The maximum absolute atomic E-state index is 6.08. The normalized spacial score (nSPS) is 17.3. The van der Waals surface area contributed by atoms with E-state index in [1.807, 2.05) is 0 Å². The average molecular weight is 232 g/mol. The van der Waals surface area contributed by atoms with Crippen molar-refractivity contribution in [2.24, 2.45) is 0 Å². The summed E-state index contributed by atoms with van der Waals surface area (Å²) in [7, 11) is 0. The molecule has 1 saturated heterocycles. The van der Waals surface area contributed by atoms with E-state index in [4.69, 9.17) is 5.73 Å². The van der Waals surface area contributed by atoms with Gasteiger partial charge < -0.3 is 5.73 Å². The Bertz CT molecular complexity index is 379. The van der Waals surface area contributed by atoms with Crippen LogP contribution in [0.15, 0.2) is 12.1 Å². The van der Waals surface area contributed by atoms with Crippen LogP contribution in [-0.4, -0.2) is 18.0 Å². The van der Waals surface area contributed by atoms with E-state index < -0.39 is 0 Å². The second-order valence-corrected chi connectivity index (χ2v) is 5.18. The highest BCUT2D eigenvalue weighted by atomic mass is 15.1. The molecule has 2 N–H and O–H groups in total. The second-order valence-electron chi connectivity index (χ2n) is 5.18. The Morgan fingerprint density at radius 3 is 2.53 bits per heavy atom. The van der Waals surface area contributed by atoms with Gasteiger partial charge in [-0.2, -0.15) is 0 Å². The summed E-state index contributed by atoms with van der Waals surface area (Å²) < 4.78 is 0. The molecule has 2 heteroatoms. The van der Waals surface area contributed by atoms with Crippen molar-refractivity contribution in [2.45, 2.75) is 46.1 Å². The molecule has 1 heterocycles. The molecule has 0 amide bonds. The first-order valence-electron chi connectivity index (χ1n) is 6.81. The number of nitrogens with zero attached hydrogens (tertiary/aromatic N) is 1. The summed E-state index contributed by atoms with van der Waals surface area (Å²) in [6, 6.07) is 4.54. The lowest BCUT2D eigenvalue weighted by Gasteiger charge is -2.27. The molecule has 0 bridgehead atoms. The topological polar surface area (TPSA) is 29.3 Å². The van der Waals surface area contributed by atoms with E-state index in [1.54, 1.807) is 0 Å². The largest absolute Gasteiger partial charge is 0.398 e. The molecule has 0 atom stereocenters. The molecule has 1 fully saturated rings. The fraction of sp³-hybridized carbons (Fsp3) is 0.600. The van der Waals surface area contributed by atoms with Gasteiger partial charge in [0.15, 0.2) is 0 Å². The van der Waals surface area contributed by atoms with E-state index in [0.29, 0.717) is 0 Å². The van der Waals surface area contributed by atoms with E-state index in [2.05, 4.69) is 30.9 Å². The smallest absolute Gasteiger partial charge is 0.0376 e. The maximum Gasteiger partial charge on any atom is 0.0376 e. The summed E-state index contributed by atoms with van der Waals surface area (Å²) in [5, 5.41) is 0. The predicted molar refractivity (Wildman–Crippen MR) is 74.1 cm³/mol. The minimum absolute atomic E-state index is 0.981. The number of aryl methyl sites for hydroxylation is 2. The van der Waals surface area contributed by atoms with Gasteiger partial charge in [0.05, 0.1) is 0 Å². The molecule has 1 aromatic rings. The van der Waals surface area contributed by atoms with Crippen LogP contribution in [0, 0.1) is 6.92 Å². The quantitative estimate of drug-likeness (QED) is 0.811. The van der Waals surface area contributed by atoms with Crippen LogP contribution < -0.4 is 5.73 Å². The van der Waals surface area contributed by atoms with Crippen molar-refractivity contribution in [1.82, 2.24) is 4.90 Å². The number of nitrogen functional groups attached to an aromatic ring is 1. The number of hydrogen-bond acceptors (Lipinski definition) is 2. The number of nitrogens with two attached hydrogens (primary N) is 1. The number of piperidine rings is 1. The Hall–Kier alpha value is -1.02. The molecule has 17 heavy (non-hydrogen) atoms. The minimum Gasteiger partial charge on any atom is -0.398 e. The zero-order chi connectivity index (χ0) is 12.3. The molecule has 0 radical (unpaired) electrons. The maximum atomic E-state index is 6.08. The number of benzene rings is 1. The van der Waals surface area contributed by atoms with E-state index in [1.165, 1.54) is 49.0 Å². The third-order valence-electron chi connectivity index (χ3n) is 3.77. The number of likely N-dealkylation sites (tertiary alicyclic amines) is 1. The van der Waals surface area contributed by atoms with Crippen molar-refractivity contribution in [1.29, 1.82) is 0 Å². The average Bonchev–Trinajstić information content (AvgIpc) is 2.35. The zero-order valence-electron chi connectivity index (χ0n) is 11.1. The summed E-state index contributed by atoms with van der Waals surface area (Å²) in [6.07, 6.45) is 5.14. The van der Waals surface area contributed by atoms with Crippen LogP contribution in [0.25, 0.3) is 0 Å². The van der Waals surface area contributed by atoms with Gasteiger partial charge in [0, 0.05) is 12.2 Å². The van der Waals surface area contributed by atoms with Crippen molar-refractivity contribution in [3.05, 3.63) is 28.8 Å². The fourth-order valence-electron chi connectivity index (χ4n) is 2.71. The van der Waals surface area contributed by atoms with Crippen molar-refractivity contribution in [3.8, 4) is 0 Å². The van der Waals surface area contributed by atoms with E-state index in [-0.39, 0.29) is 0 Å². The molecular weight excluding hydrogens is 208 g/mol. The molecule has 0 spiro atoms. The summed E-state index contributed by atoms with van der Waals surface area (Å²) in [5.74, 6) is 0. The number of hydrogen-bond donors (Lipinski definition) is 1. The Labute approximate surface area is 105 Å². The Balaban J connectivity index is 2.12. The van der Waals surface area contributed by atoms with E-state index in [0.717, 1.165) is 18.7 Å². The van der Waals surface area contributed by atoms with Crippen LogP contribution in [0.4, 0.5) is 5.69 Å². The Kier molecular flexibility index (Phi) is 4.06. The molecule has 1 aromatic carbocycles. The van der Waals surface area contributed by atoms with Crippen molar-refractivity contribution in [3.63, 3.8) is 0 Å². The first kappa shape index (κ1) is 12.4. The lowest BCUT2D eigenvalue weighted by atomic mass is 10.0. The Morgan fingerprint density at radius 2 is 1.88 bits per heavy atom. The monoisotopic (exact) mass is 232 g/mol. The minimum atomic E-state index is 0.981. The fourth-order valence-corrected chi connectivity index (χ4v) is 2.71. The van der Waals surface area contributed by atoms with Gasteiger partial charge in [-0.05, 0) is 56.0 Å². The highest BCUT2D eigenvalue weighted by Crippen LogP contribution is 2.22. The van der Waals surface area contributed by atoms with Crippen LogP contribution in [0.3, 0.4) is 0 Å². The summed E-state index contributed by atoms with van der Waals surface area (Å²) in [6.45, 7) is 7.90. The predicted octanol–water partition coefficient (Wildman–Crippen LogP) is 3.13. The van der Waals surface area contributed by atoms with Gasteiger partial charge in [-0.25, -0.2) is 0 Å². The molecule has 0 aliphatic carbocycles. The molecule has 0 aromatic heterocycles. The van der Waals surface area contributed by atoms with Gasteiger partial charge in [-0.3, -0.25) is 4.90 Å². The summed E-state index contributed by atoms with van der Waals surface area (Å²) in [5.41, 5.74) is 11.0. The van der Waals surface area contributed by atoms with Gasteiger partial charge >= 0.3 is 0 Å². The van der Waals surface area contributed by atoms with Crippen LogP contribution in [0.1, 0.15) is 42.9 Å². The highest BCUT2D eigenvalue weighted by Gasteiger charge is 2.11. The summed E-state index contributed by atoms with van der Waals surface area (Å²) >= 11 is 0. The molecule has 1 aliphatic heterocycles. The van der Waals surface area contributed by atoms with Crippen molar-refractivity contribution < 1.29 is 0 Å². The molecule has 0 unspecified atom stereocenters. The van der Waals surface area contributed by atoms with Gasteiger partial charge in [0.2, 0.25) is 0 Å². The first-order chi connectivity index (χ1) is 8.20. The van der Waals surface area contributed by atoms with Crippen LogP contribution in [-0.2, 0) is 13.0 Å². The standard InChI is InChI=1S/C15H24N2/c1-3-14-10-13(9-12(2)15(14)16)11-17-7-5-4-6-8-17/h9-10H,3-8,11,16H2,1-2H3. The number of anilines is 1. The molecule has 2 rings (SSSR count). The zero-order valence-corrected chi connectivity index (χ0v) is 11.1. The lowest BCUT2D eigenvalue weighted by Crippen LogP contribution is -2.29. The van der Waals surface area contributed by atoms with Gasteiger partial charge in [-0.1, -0.05) is 25.5 Å². The van der Waals surface area contributed by atoms with Crippen LogP contribution in [0.2, 0.25) is 0 Å². The second kappa shape index (κ2) is 5.54. The Morgan fingerprint density at radius 1 is 1.18 bits per heavy atom. The van der Waals surface area contributed by atoms with E-state index >= 15 is 0 Å². The van der Waals surface area contributed by atoms with Gasteiger partial charge in [-0.15, -0.1) is 0 Å². The molecule has 1 aliphatic rings. The van der Waals surface area contributed by atoms with Gasteiger partial charge in [0.25, 0.3) is 0 Å². The third kappa shape index (κ3) is 3.01. The van der Waals surface area contributed by atoms with Crippen LogP contribution in [0.5, 0.6) is 0 Å². The SMILES string of the molecule is CCc1cc(CN2CCCCC2)cc(C)c1N. The first-order valence-corrected chi connectivity index (χ1v) is 6.81. The molecular formula is C15H24N2. The molecule has 0 saturated carbocycles. The van der Waals surface area contributed by atoms with Crippen molar-refractivity contribution >= 4 is 5.69 Å². The molecule has 94 valence electrons. The number of rotatable bonds is 3. The van der Waals surface area contributed by atoms with Crippen molar-refractivity contribution in [2.75, 3.05) is 18.8 Å². The molecule has 2 nitrogen and oxygen atoms in total. The summed E-state index contributed by atoms with van der Waals surface area (Å²) in [4.78, 5) is 2.56. The van der Waals surface area contributed by atoms with Crippen LogP contribution >= 0.6 is 0 Å². The van der Waals surface area contributed by atoms with E-state index in [9.17, 15) is 0 Å².